The van der Waals surface area contributed by atoms with E-state index in [0.717, 1.165) is 12.1 Å². The van der Waals surface area contributed by atoms with Crippen molar-refractivity contribution < 1.29 is 14.2 Å². The van der Waals surface area contributed by atoms with Crippen molar-refractivity contribution in [2.45, 2.75) is 26.0 Å². The minimum atomic E-state index is -0.953. The van der Waals surface area contributed by atoms with Crippen LogP contribution in [0.4, 0.5) is 4.39 Å². The number of aryl methyl sites for hydroxylation is 1. The van der Waals surface area contributed by atoms with E-state index in [2.05, 4.69) is 5.10 Å². The Morgan fingerprint density at radius 3 is 2.89 bits per heavy atom. The van der Waals surface area contributed by atoms with Gasteiger partial charge in [-0.3, -0.25) is 4.68 Å². The first-order valence-electron chi connectivity index (χ1n) is 6.17. The van der Waals surface area contributed by atoms with Crippen molar-refractivity contribution in [2.75, 3.05) is 7.11 Å². The van der Waals surface area contributed by atoms with Crippen LogP contribution in [0.3, 0.4) is 0 Å². The number of hydrogen-bond donors (Lipinski definition) is 1. The van der Waals surface area contributed by atoms with E-state index in [1.165, 1.54) is 13.2 Å². The van der Waals surface area contributed by atoms with Gasteiger partial charge in [-0.05, 0) is 24.6 Å². The molecule has 1 aromatic heterocycles. The summed E-state index contributed by atoms with van der Waals surface area (Å²) in [5.74, 6) is -0.106. The van der Waals surface area contributed by atoms with Crippen LogP contribution in [0, 0.1) is 5.82 Å². The summed E-state index contributed by atoms with van der Waals surface area (Å²) >= 11 is 0. The summed E-state index contributed by atoms with van der Waals surface area (Å²) in [6.45, 7) is 2.74. The first-order valence-corrected chi connectivity index (χ1v) is 6.17. The van der Waals surface area contributed by atoms with E-state index in [4.69, 9.17) is 4.74 Å². The number of methoxy groups -OCH3 is 1. The Labute approximate surface area is 111 Å². The highest BCUT2D eigenvalue weighted by Crippen LogP contribution is 2.29. The van der Waals surface area contributed by atoms with Gasteiger partial charge < -0.3 is 9.84 Å². The molecular formula is C14H17FN2O2. The van der Waals surface area contributed by atoms with Crippen molar-refractivity contribution in [1.82, 2.24) is 9.78 Å². The zero-order valence-electron chi connectivity index (χ0n) is 11.0. The van der Waals surface area contributed by atoms with Gasteiger partial charge >= 0.3 is 0 Å². The second-order valence-electron chi connectivity index (χ2n) is 4.28. The molecule has 2 aromatic rings. The molecule has 1 atom stereocenters. The van der Waals surface area contributed by atoms with Crippen molar-refractivity contribution in [3.8, 4) is 5.75 Å². The van der Waals surface area contributed by atoms with Crippen LogP contribution in [-0.4, -0.2) is 22.0 Å². The molecule has 0 saturated carbocycles. The molecule has 2 rings (SSSR count). The largest absolute Gasteiger partial charge is 0.496 e. The number of aliphatic hydroxyl groups excluding tert-OH is 1. The number of aliphatic hydroxyl groups is 1. The third-order valence-corrected chi connectivity index (χ3v) is 3.01. The zero-order chi connectivity index (χ0) is 13.8. The molecule has 0 bridgehead atoms. The molecule has 4 nitrogen and oxygen atoms in total. The molecule has 1 N–H and O–H groups in total. The predicted molar refractivity (Wildman–Crippen MR) is 69.5 cm³/mol. The molecule has 0 spiro atoms. The number of rotatable bonds is 5. The molecule has 19 heavy (non-hydrogen) atoms. The topological polar surface area (TPSA) is 47.3 Å². The highest BCUT2D eigenvalue weighted by atomic mass is 19.1. The average molecular weight is 264 g/mol. The van der Waals surface area contributed by atoms with Crippen LogP contribution in [0.5, 0.6) is 5.75 Å². The van der Waals surface area contributed by atoms with Crippen LogP contribution in [0.25, 0.3) is 0 Å². The molecule has 0 aliphatic rings. The third-order valence-electron chi connectivity index (χ3n) is 3.01. The Morgan fingerprint density at radius 2 is 2.26 bits per heavy atom. The minimum absolute atomic E-state index is 0.189. The molecule has 102 valence electrons. The van der Waals surface area contributed by atoms with Gasteiger partial charge in [0, 0.05) is 19.2 Å². The van der Waals surface area contributed by atoms with Gasteiger partial charge in [0.2, 0.25) is 0 Å². The fraction of sp³-hybridized carbons (Fsp3) is 0.357. The number of halogens is 1. The van der Waals surface area contributed by atoms with E-state index in [1.54, 1.807) is 23.0 Å². The van der Waals surface area contributed by atoms with E-state index in [1.807, 2.05) is 13.1 Å². The number of aromatic nitrogens is 2. The lowest BCUT2D eigenvalue weighted by atomic mass is 10.0. The first-order chi connectivity index (χ1) is 9.15. The van der Waals surface area contributed by atoms with Crippen LogP contribution in [-0.2, 0) is 13.0 Å². The molecule has 1 unspecified atom stereocenters. The average Bonchev–Trinajstić information content (AvgIpc) is 2.85. The Balaban J connectivity index is 2.22. The van der Waals surface area contributed by atoms with Gasteiger partial charge in [-0.2, -0.15) is 5.10 Å². The van der Waals surface area contributed by atoms with E-state index in [0.29, 0.717) is 12.2 Å². The van der Waals surface area contributed by atoms with Gasteiger partial charge in [-0.15, -0.1) is 0 Å². The van der Waals surface area contributed by atoms with Gasteiger partial charge in [-0.1, -0.05) is 6.07 Å². The van der Waals surface area contributed by atoms with Crippen LogP contribution >= 0.6 is 0 Å². The van der Waals surface area contributed by atoms with Crippen molar-refractivity contribution in [3.63, 3.8) is 0 Å². The van der Waals surface area contributed by atoms with E-state index in [9.17, 15) is 9.50 Å². The van der Waals surface area contributed by atoms with Gasteiger partial charge in [0.1, 0.15) is 11.6 Å². The quantitative estimate of drug-likeness (QED) is 0.901. The maximum absolute atomic E-state index is 13.8. The maximum Gasteiger partial charge on any atom is 0.132 e. The summed E-state index contributed by atoms with van der Waals surface area (Å²) in [5.41, 5.74) is 1.05. The molecule has 1 aromatic carbocycles. The Hall–Kier alpha value is -1.88. The highest BCUT2D eigenvalue weighted by molar-refractivity contribution is 5.37. The van der Waals surface area contributed by atoms with Crippen molar-refractivity contribution in [3.05, 3.63) is 47.5 Å². The second kappa shape index (κ2) is 5.84. The van der Waals surface area contributed by atoms with E-state index in [-0.39, 0.29) is 5.56 Å². The summed E-state index contributed by atoms with van der Waals surface area (Å²) in [6, 6.07) is 4.51. The predicted octanol–water partition coefficient (Wildman–Crippen LogP) is 2.33. The van der Waals surface area contributed by atoms with Crippen LogP contribution in [0.15, 0.2) is 30.6 Å². The van der Waals surface area contributed by atoms with Crippen LogP contribution in [0.1, 0.15) is 24.2 Å². The van der Waals surface area contributed by atoms with Crippen molar-refractivity contribution in [1.29, 1.82) is 0 Å². The minimum Gasteiger partial charge on any atom is -0.496 e. The Bertz CT molecular complexity index is 554. The standard InChI is InChI=1S/C14H17FN2O2/c1-3-17-9-10(8-16-17)7-12(18)14-11(15)5-4-6-13(14)19-2/h4-6,8-9,12,18H,3,7H2,1-2H3. The lowest BCUT2D eigenvalue weighted by molar-refractivity contribution is 0.169. The second-order valence-corrected chi connectivity index (χ2v) is 4.28. The summed E-state index contributed by atoms with van der Waals surface area (Å²) in [5, 5.41) is 14.3. The lowest BCUT2D eigenvalue weighted by Gasteiger charge is -2.14. The van der Waals surface area contributed by atoms with Gasteiger partial charge in [0.15, 0.2) is 0 Å². The number of ether oxygens (including phenoxy) is 1. The monoisotopic (exact) mass is 264 g/mol. The molecule has 0 radical (unpaired) electrons. The third kappa shape index (κ3) is 2.93. The van der Waals surface area contributed by atoms with Crippen LogP contribution < -0.4 is 4.74 Å². The first kappa shape index (κ1) is 13.5. The molecule has 5 heteroatoms. The highest BCUT2D eigenvalue weighted by Gasteiger charge is 2.19. The maximum atomic E-state index is 13.8. The molecular weight excluding hydrogens is 247 g/mol. The normalized spacial score (nSPS) is 12.4. The van der Waals surface area contributed by atoms with E-state index < -0.39 is 11.9 Å². The van der Waals surface area contributed by atoms with Crippen molar-refractivity contribution >= 4 is 0 Å². The zero-order valence-corrected chi connectivity index (χ0v) is 11.0. The SMILES string of the molecule is CCn1cc(CC(O)c2c(F)cccc2OC)cn1. The lowest BCUT2D eigenvalue weighted by Crippen LogP contribution is -2.06. The van der Waals surface area contributed by atoms with E-state index >= 15 is 0 Å². The van der Waals surface area contributed by atoms with Gasteiger partial charge in [0.25, 0.3) is 0 Å². The number of nitrogens with zero attached hydrogens (tertiary/aromatic N) is 2. The smallest absolute Gasteiger partial charge is 0.132 e. The summed E-state index contributed by atoms with van der Waals surface area (Å²) in [6.07, 6.45) is 2.87. The Kier molecular flexibility index (Phi) is 4.16. The summed E-state index contributed by atoms with van der Waals surface area (Å²) < 4.78 is 20.7. The molecule has 0 aliphatic heterocycles. The fourth-order valence-corrected chi connectivity index (χ4v) is 2.03. The molecule has 1 heterocycles. The Morgan fingerprint density at radius 1 is 1.47 bits per heavy atom. The molecule has 0 saturated heterocycles. The fourth-order valence-electron chi connectivity index (χ4n) is 2.03. The molecule has 0 amide bonds. The molecule has 0 aliphatic carbocycles. The summed E-state index contributed by atoms with van der Waals surface area (Å²) in [7, 11) is 1.46. The van der Waals surface area contributed by atoms with Gasteiger partial charge in [-0.25, -0.2) is 4.39 Å². The number of benzene rings is 1. The molecule has 0 fully saturated rings. The van der Waals surface area contributed by atoms with Gasteiger partial charge in [0.05, 0.1) is 25.0 Å². The van der Waals surface area contributed by atoms with Crippen LogP contribution in [0.2, 0.25) is 0 Å². The summed E-state index contributed by atoms with van der Waals surface area (Å²) in [4.78, 5) is 0. The van der Waals surface area contributed by atoms with Crippen molar-refractivity contribution in [2.24, 2.45) is 0 Å². The number of hydrogen-bond acceptors (Lipinski definition) is 3.